The van der Waals surface area contributed by atoms with Gasteiger partial charge in [-0.25, -0.2) is 4.39 Å². The fourth-order valence-corrected chi connectivity index (χ4v) is 4.61. The fourth-order valence-electron chi connectivity index (χ4n) is 3.57. The minimum atomic E-state index is -0.486. The molecule has 7 heteroatoms. The van der Waals surface area contributed by atoms with Crippen LogP contribution >= 0.6 is 11.3 Å². The van der Waals surface area contributed by atoms with Crippen LogP contribution in [0.1, 0.15) is 24.8 Å². The first-order chi connectivity index (χ1) is 15.6. The smallest absolute Gasteiger partial charge is 0.166 e. The minimum absolute atomic E-state index is 0.119. The SMILES string of the molecule is COc1ccc(-c2cc3nccc(Oc4ccc(CC(=O)CC5CC5)cc4F)c3s2)nc1. The highest BCUT2D eigenvalue weighted by Gasteiger charge is 2.24. The zero-order chi connectivity index (χ0) is 22.1. The number of carbonyl (C=O) groups excluding carboxylic acids is 1. The van der Waals surface area contributed by atoms with Crippen molar-refractivity contribution in [2.45, 2.75) is 25.7 Å². The van der Waals surface area contributed by atoms with Gasteiger partial charge in [0.2, 0.25) is 0 Å². The molecular formula is C25H21FN2O3S. The summed E-state index contributed by atoms with van der Waals surface area (Å²) in [6.45, 7) is 0. The number of nitrogens with zero attached hydrogens (tertiary/aromatic N) is 2. The summed E-state index contributed by atoms with van der Waals surface area (Å²) in [7, 11) is 1.60. The second-order valence-electron chi connectivity index (χ2n) is 7.95. The molecule has 1 fully saturated rings. The van der Waals surface area contributed by atoms with Gasteiger partial charge in [0.05, 0.1) is 34.1 Å². The molecule has 162 valence electrons. The van der Waals surface area contributed by atoms with E-state index in [-0.39, 0.29) is 18.0 Å². The average molecular weight is 449 g/mol. The van der Waals surface area contributed by atoms with Crippen LogP contribution in [0.4, 0.5) is 4.39 Å². The first kappa shape index (κ1) is 20.6. The maximum Gasteiger partial charge on any atom is 0.166 e. The van der Waals surface area contributed by atoms with E-state index < -0.39 is 5.82 Å². The lowest BCUT2D eigenvalue weighted by atomic mass is 10.0. The molecule has 1 aliphatic carbocycles. The quantitative estimate of drug-likeness (QED) is 0.321. The topological polar surface area (TPSA) is 61.3 Å². The van der Waals surface area contributed by atoms with Gasteiger partial charge < -0.3 is 9.47 Å². The third-order valence-electron chi connectivity index (χ3n) is 5.43. The highest BCUT2D eigenvalue weighted by Crippen LogP contribution is 2.39. The lowest BCUT2D eigenvalue weighted by molar-refractivity contribution is -0.118. The Kier molecular flexibility index (Phi) is 5.57. The van der Waals surface area contributed by atoms with E-state index >= 15 is 0 Å². The summed E-state index contributed by atoms with van der Waals surface area (Å²) in [5, 5.41) is 0. The van der Waals surface area contributed by atoms with Crippen LogP contribution < -0.4 is 9.47 Å². The molecule has 1 aromatic carbocycles. The Morgan fingerprint density at radius 1 is 1.12 bits per heavy atom. The van der Waals surface area contributed by atoms with E-state index in [1.165, 1.54) is 17.4 Å². The number of aromatic nitrogens is 2. The Labute approximate surface area is 188 Å². The van der Waals surface area contributed by atoms with Crippen LogP contribution in [0.25, 0.3) is 20.8 Å². The normalized spacial score (nSPS) is 13.3. The number of carbonyl (C=O) groups is 1. The molecule has 1 aliphatic rings. The number of hydrogen-bond donors (Lipinski definition) is 0. The Hall–Kier alpha value is -3.32. The molecule has 0 bridgehead atoms. The lowest BCUT2D eigenvalue weighted by Gasteiger charge is -2.09. The van der Waals surface area contributed by atoms with Crippen molar-refractivity contribution in [2.75, 3.05) is 7.11 Å². The molecule has 3 aromatic heterocycles. The van der Waals surface area contributed by atoms with Crippen molar-refractivity contribution < 1.29 is 18.7 Å². The van der Waals surface area contributed by atoms with E-state index in [9.17, 15) is 9.18 Å². The first-order valence-electron chi connectivity index (χ1n) is 10.5. The van der Waals surface area contributed by atoms with Gasteiger partial charge in [-0.1, -0.05) is 6.07 Å². The van der Waals surface area contributed by atoms with Crippen LogP contribution in [-0.2, 0) is 11.2 Å². The number of ketones is 1. The Morgan fingerprint density at radius 3 is 2.72 bits per heavy atom. The molecule has 5 rings (SSSR count). The van der Waals surface area contributed by atoms with Gasteiger partial charge in [0.25, 0.3) is 0 Å². The number of pyridine rings is 2. The molecular weight excluding hydrogens is 427 g/mol. The van der Waals surface area contributed by atoms with Gasteiger partial charge >= 0.3 is 0 Å². The van der Waals surface area contributed by atoms with Crippen molar-refractivity contribution in [3.05, 3.63) is 66.2 Å². The zero-order valence-corrected chi connectivity index (χ0v) is 18.3. The summed E-state index contributed by atoms with van der Waals surface area (Å²) >= 11 is 1.48. The van der Waals surface area contributed by atoms with Gasteiger partial charge in [0, 0.05) is 25.1 Å². The van der Waals surface area contributed by atoms with Gasteiger partial charge in [-0.05, 0) is 54.7 Å². The highest BCUT2D eigenvalue weighted by atomic mass is 32.1. The fraction of sp³-hybridized carbons (Fsp3) is 0.240. The molecule has 0 unspecified atom stereocenters. The summed E-state index contributed by atoms with van der Waals surface area (Å²) < 4.78 is 26.6. The predicted molar refractivity (Wildman–Crippen MR) is 122 cm³/mol. The molecule has 0 saturated heterocycles. The number of ether oxygens (including phenoxy) is 2. The maximum absolute atomic E-state index is 14.7. The first-order valence-corrected chi connectivity index (χ1v) is 11.3. The molecule has 32 heavy (non-hydrogen) atoms. The number of hydrogen-bond acceptors (Lipinski definition) is 6. The lowest BCUT2D eigenvalue weighted by Crippen LogP contribution is -2.04. The molecule has 3 heterocycles. The maximum atomic E-state index is 14.7. The molecule has 0 N–H and O–H groups in total. The summed E-state index contributed by atoms with van der Waals surface area (Å²) in [5.41, 5.74) is 2.22. The van der Waals surface area contributed by atoms with Gasteiger partial charge in [-0.15, -0.1) is 11.3 Å². The number of benzene rings is 1. The van der Waals surface area contributed by atoms with Gasteiger partial charge in [0.1, 0.15) is 17.3 Å². The number of halogens is 1. The number of rotatable bonds is 8. The van der Waals surface area contributed by atoms with E-state index in [2.05, 4.69) is 9.97 Å². The number of Topliss-reactive ketones (excluding diaryl/α,β-unsaturated/α-hetero) is 1. The van der Waals surface area contributed by atoms with E-state index in [0.717, 1.165) is 33.6 Å². The van der Waals surface area contributed by atoms with E-state index in [1.807, 2.05) is 18.2 Å². The molecule has 0 aliphatic heterocycles. The second-order valence-corrected chi connectivity index (χ2v) is 9.00. The summed E-state index contributed by atoms with van der Waals surface area (Å²) in [6.07, 6.45) is 6.42. The molecule has 0 spiro atoms. The summed E-state index contributed by atoms with van der Waals surface area (Å²) in [5.74, 6) is 1.54. The van der Waals surface area contributed by atoms with Gasteiger partial charge in [-0.3, -0.25) is 14.8 Å². The minimum Gasteiger partial charge on any atom is -0.495 e. The third-order valence-corrected chi connectivity index (χ3v) is 6.59. The van der Waals surface area contributed by atoms with Crippen LogP contribution in [0.3, 0.4) is 0 Å². The third kappa shape index (κ3) is 4.48. The summed E-state index contributed by atoms with van der Waals surface area (Å²) in [6, 6.07) is 12.1. The van der Waals surface area contributed by atoms with Crippen LogP contribution in [0.2, 0.25) is 0 Å². The zero-order valence-electron chi connectivity index (χ0n) is 17.5. The molecule has 5 nitrogen and oxygen atoms in total. The van der Waals surface area contributed by atoms with Crippen molar-refractivity contribution in [3.63, 3.8) is 0 Å². The van der Waals surface area contributed by atoms with Crippen molar-refractivity contribution in [1.29, 1.82) is 0 Å². The molecule has 0 atom stereocenters. The van der Waals surface area contributed by atoms with Gasteiger partial charge in [0.15, 0.2) is 11.6 Å². The molecule has 0 amide bonds. The van der Waals surface area contributed by atoms with Crippen LogP contribution in [-0.4, -0.2) is 22.9 Å². The van der Waals surface area contributed by atoms with Crippen molar-refractivity contribution in [3.8, 4) is 27.8 Å². The van der Waals surface area contributed by atoms with E-state index in [0.29, 0.717) is 29.4 Å². The second kappa shape index (κ2) is 8.67. The molecule has 4 aromatic rings. The van der Waals surface area contributed by atoms with Crippen LogP contribution in [0.15, 0.2) is 54.9 Å². The predicted octanol–water partition coefficient (Wildman–Crippen LogP) is 6.21. The highest BCUT2D eigenvalue weighted by molar-refractivity contribution is 7.22. The average Bonchev–Trinajstić information content (AvgIpc) is 3.49. The number of fused-ring (bicyclic) bond motifs is 1. The van der Waals surface area contributed by atoms with E-state index in [1.54, 1.807) is 37.7 Å². The molecule has 0 radical (unpaired) electrons. The largest absolute Gasteiger partial charge is 0.495 e. The van der Waals surface area contributed by atoms with Crippen molar-refractivity contribution >= 4 is 27.3 Å². The number of thiophene rings is 1. The molecule has 1 saturated carbocycles. The van der Waals surface area contributed by atoms with Gasteiger partial charge in [-0.2, -0.15) is 0 Å². The van der Waals surface area contributed by atoms with Crippen LogP contribution in [0, 0.1) is 11.7 Å². The standard InChI is InChI=1S/C25H21FN2O3S/c1-30-18-5-6-20(28-14-18)24-13-21-25(32-24)23(8-9-27-21)31-22-7-4-16(12-19(22)26)11-17(29)10-15-2-3-15/h4-9,12-15H,2-3,10-11H2,1H3. The number of methoxy groups -OCH3 is 1. The van der Waals surface area contributed by atoms with Crippen molar-refractivity contribution in [2.24, 2.45) is 5.92 Å². The van der Waals surface area contributed by atoms with E-state index in [4.69, 9.17) is 9.47 Å². The monoisotopic (exact) mass is 448 g/mol. The van der Waals surface area contributed by atoms with Crippen molar-refractivity contribution in [1.82, 2.24) is 9.97 Å². The Bertz CT molecular complexity index is 1280. The Morgan fingerprint density at radius 2 is 2.00 bits per heavy atom. The summed E-state index contributed by atoms with van der Waals surface area (Å²) in [4.78, 5) is 21.8. The Balaban J connectivity index is 1.37. The van der Waals surface area contributed by atoms with Crippen LogP contribution in [0.5, 0.6) is 17.2 Å².